The molecule has 0 spiro atoms. The van der Waals surface area contributed by atoms with Crippen LogP contribution in [0.1, 0.15) is 138 Å². The maximum atomic E-state index is 14.5. The van der Waals surface area contributed by atoms with Gasteiger partial charge in [-0.05, 0) is 113 Å². The Hall–Kier alpha value is -7.07. The number of nitrogens with zero attached hydrogens (tertiary/aromatic N) is 3. The standard InChI is InChI=1S/C64H85ClN6O15/c1-36(2)46(32-45(72)18-13-12-14-26-71-53(74)23-24-54(71)75)59(78)68-47(19-16-25-67-62(66)81)49(73)31-43-21-22-44(29-38(43)4)60(79)69(9)41(7)61(80)85-52-33-55(76)70(10)48-30-42(28-39(5)57(48)65)27-37(3)17-15-20-51(83-11)64(82)34-50(84-56(77)35-64)40(6)58-63(52,8)86-58/h15,17,20-24,28-30,36,40-41,46-47,50-52,58,82H,12-14,16,18-19,25-27,31-35H2,1-11H3,(H,68,78)(H3,66,67,81)/b20-15+,37-17+/t40-,41+,46+,47+,50+,51-,52+,58+,63+,64-/m1/s1. The number of primary amides is 1. The van der Waals surface area contributed by atoms with Gasteiger partial charge in [-0.25, -0.2) is 9.59 Å². The van der Waals surface area contributed by atoms with Crippen LogP contribution in [0.5, 0.6) is 0 Å². The number of esters is 2. The summed E-state index contributed by atoms with van der Waals surface area (Å²) in [6, 6.07) is 5.51. The van der Waals surface area contributed by atoms with E-state index >= 15 is 0 Å². The van der Waals surface area contributed by atoms with Gasteiger partial charge < -0.3 is 50.2 Å². The molecular weight excluding hydrogens is 1130 g/mol. The molecular formula is C64H85ClN6O15. The van der Waals surface area contributed by atoms with E-state index in [4.69, 9.17) is 36.3 Å². The number of benzene rings is 2. The summed E-state index contributed by atoms with van der Waals surface area (Å²) in [6.45, 7) is 14.5. The SMILES string of the molecule is CO[C@@H]1/C=C/C=C(\C)Cc2cc(C)c(Cl)c(c2)N(C)C(=O)C[C@H](OC(=O)[C@H](C)N(C)C(=O)c2ccc(CC(=O)[C@H](CCCNC(N)=O)NC(=O)[C@@H](CC(=O)CCCCCN3C(=O)C=CC3=O)C(C)C)c(C)c2)[C@]2(C)O[C@H]2[C@H](C)[C@@H]2C[C@@]1(O)CC(=O)O2. The number of urea groups is 1. The first-order valence-electron chi connectivity index (χ1n) is 29.5. The predicted octanol–water partition coefficient (Wildman–Crippen LogP) is 6.45. The Bertz CT molecular complexity index is 3010. The highest BCUT2D eigenvalue weighted by atomic mass is 35.5. The molecule has 5 N–H and O–H groups in total. The fourth-order valence-electron chi connectivity index (χ4n) is 11.5. The number of fused-ring (bicyclic) bond motifs is 5. The third-order valence-corrected chi connectivity index (χ3v) is 17.7. The molecule has 2 saturated heterocycles. The molecule has 4 aliphatic heterocycles. The number of imide groups is 1. The highest BCUT2D eigenvalue weighted by molar-refractivity contribution is 6.34. The number of likely N-dealkylation sites (N-methyl/N-ethyl adjacent to an activating group) is 1. The average molecular weight is 1210 g/mol. The highest BCUT2D eigenvalue weighted by Crippen LogP contribution is 2.50. The van der Waals surface area contributed by atoms with E-state index in [-0.39, 0.29) is 99.3 Å². The number of unbranched alkanes of at least 4 members (excludes halogenated alkanes) is 2. The van der Waals surface area contributed by atoms with Crippen LogP contribution in [0.4, 0.5) is 10.5 Å². The van der Waals surface area contributed by atoms with Crippen molar-refractivity contribution in [3.63, 3.8) is 0 Å². The number of methoxy groups -OCH3 is 1. The van der Waals surface area contributed by atoms with Crippen LogP contribution < -0.4 is 21.3 Å². The molecule has 0 aliphatic carbocycles. The lowest BCUT2D eigenvalue weighted by atomic mass is 9.78. The first-order chi connectivity index (χ1) is 40.5. The lowest BCUT2D eigenvalue weighted by Crippen LogP contribution is -2.53. The van der Waals surface area contributed by atoms with Gasteiger partial charge in [0.15, 0.2) is 5.78 Å². The van der Waals surface area contributed by atoms with Crippen LogP contribution in [0, 0.1) is 31.6 Å². The van der Waals surface area contributed by atoms with E-state index in [2.05, 4.69) is 10.6 Å². The molecule has 86 heavy (non-hydrogen) atoms. The normalized spacial score (nSPS) is 25.3. The van der Waals surface area contributed by atoms with E-state index < -0.39 is 95.2 Å². The summed E-state index contributed by atoms with van der Waals surface area (Å²) in [7, 11) is 4.47. The van der Waals surface area contributed by atoms with Gasteiger partial charge in [-0.2, -0.15) is 0 Å². The molecule has 6 rings (SSSR count). The third kappa shape index (κ3) is 17.1. The van der Waals surface area contributed by atoms with Crippen molar-refractivity contribution in [2.75, 3.05) is 39.2 Å². The number of ether oxygens (including phenoxy) is 4. The summed E-state index contributed by atoms with van der Waals surface area (Å²) in [5, 5.41) is 17.8. The van der Waals surface area contributed by atoms with Gasteiger partial charge in [0, 0.05) is 89.5 Å². The molecule has 0 unspecified atom stereocenters. The monoisotopic (exact) mass is 1210 g/mol. The number of aryl methyl sites for hydroxylation is 2. The minimum absolute atomic E-state index is 0.00250. The number of rotatable bonds is 23. The fourth-order valence-corrected chi connectivity index (χ4v) is 11.8. The van der Waals surface area contributed by atoms with Gasteiger partial charge in [-0.15, -0.1) is 0 Å². The van der Waals surface area contributed by atoms with Gasteiger partial charge >= 0.3 is 18.0 Å². The molecule has 4 bridgehead atoms. The fraction of sp³-hybridized carbons (Fsp3) is 0.562. The van der Waals surface area contributed by atoms with Gasteiger partial charge in [-0.1, -0.05) is 74.7 Å². The van der Waals surface area contributed by atoms with Crippen LogP contribution in [-0.2, 0) is 70.1 Å². The van der Waals surface area contributed by atoms with Crippen molar-refractivity contribution in [1.82, 2.24) is 20.4 Å². The Morgan fingerprint density at radius 2 is 1.66 bits per heavy atom. The lowest BCUT2D eigenvalue weighted by Gasteiger charge is -2.41. The summed E-state index contributed by atoms with van der Waals surface area (Å²) in [5.41, 5.74) is 6.60. The molecule has 7 amide bonds. The number of nitrogens with two attached hydrogens (primary N) is 1. The quantitative estimate of drug-likeness (QED) is 0.0403. The highest BCUT2D eigenvalue weighted by Gasteiger charge is 2.64. The first kappa shape index (κ1) is 68.0. The first-order valence-corrected chi connectivity index (χ1v) is 29.9. The smallest absolute Gasteiger partial charge is 0.328 e. The molecule has 4 aliphatic rings. The largest absolute Gasteiger partial charge is 0.462 e. The van der Waals surface area contributed by atoms with Gasteiger partial charge in [0.05, 0.1) is 35.7 Å². The van der Waals surface area contributed by atoms with E-state index in [1.807, 2.05) is 45.9 Å². The molecule has 0 aromatic heterocycles. The number of carbonyl (C=O) groups is 10. The summed E-state index contributed by atoms with van der Waals surface area (Å²) in [4.78, 5) is 137. The van der Waals surface area contributed by atoms with Gasteiger partial charge in [0.2, 0.25) is 11.8 Å². The van der Waals surface area contributed by atoms with Crippen molar-refractivity contribution in [2.24, 2.45) is 23.5 Å². The number of allylic oxidation sites excluding steroid dienone is 3. The number of halogens is 1. The number of amides is 7. The van der Waals surface area contributed by atoms with Crippen LogP contribution >= 0.6 is 11.6 Å². The summed E-state index contributed by atoms with van der Waals surface area (Å²) >= 11 is 6.87. The maximum absolute atomic E-state index is 14.5. The molecule has 468 valence electrons. The third-order valence-electron chi connectivity index (χ3n) is 17.2. The maximum Gasteiger partial charge on any atom is 0.328 e. The van der Waals surface area contributed by atoms with Crippen LogP contribution in [0.3, 0.4) is 0 Å². The number of hydrogen-bond acceptors (Lipinski definition) is 15. The van der Waals surface area contributed by atoms with E-state index in [1.54, 1.807) is 52.1 Å². The van der Waals surface area contributed by atoms with Gasteiger partial charge in [0.25, 0.3) is 17.7 Å². The molecule has 2 aromatic carbocycles. The molecule has 22 heteroatoms. The number of Topliss-reactive ketones (excluding diaryl/α,β-unsaturated/α-hetero) is 2. The topological polar surface area (TPSA) is 291 Å². The minimum atomic E-state index is -1.64. The molecule has 2 fully saturated rings. The second-order valence-corrected chi connectivity index (χ2v) is 24.5. The second-order valence-electron chi connectivity index (χ2n) is 24.1. The second kappa shape index (κ2) is 29.6. The van der Waals surface area contributed by atoms with Gasteiger partial charge in [0.1, 0.15) is 41.3 Å². The summed E-state index contributed by atoms with van der Waals surface area (Å²) < 4.78 is 24.2. The Morgan fingerprint density at radius 3 is 2.31 bits per heavy atom. The Morgan fingerprint density at radius 1 is 0.965 bits per heavy atom. The average Bonchev–Trinajstić information content (AvgIpc) is 1.64. The van der Waals surface area contributed by atoms with Crippen LogP contribution in [0.15, 0.2) is 66.3 Å². The van der Waals surface area contributed by atoms with Crippen molar-refractivity contribution in [1.29, 1.82) is 0 Å². The number of nitrogens with one attached hydrogen (secondary N) is 2. The number of ketones is 2. The Kier molecular flexibility index (Phi) is 23.4. The Labute approximate surface area is 508 Å². The molecule has 2 aromatic rings. The van der Waals surface area contributed by atoms with Crippen molar-refractivity contribution < 1.29 is 72.0 Å². The van der Waals surface area contributed by atoms with E-state index in [9.17, 15) is 53.1 Å². The minimum Gasteiger partial charge on any atom is -0.462 e. The van der Waals surface area contributed by atoms with Crippen LogP contribution in [0.25, 0.3) is 0 Å². The van der Waals surface area contributed by atoms with Crippen molar-refractivity contribution in [3.8, 4) is 0 Å². The molecule has 0 radical (unpaired) electrons. The van der Waals surface area contributed by atoms with Crippen LogP contribution in [-0.4, -0.2) is 156 Å². The van der Waals surface area contributed by atoms with Crippen molar-refractivity contribution in [2.45, 2.75) is 180 Å². The summed E-state index contributed by atoms with van der Waals surface area (Å²) in [6.07, 6.45) is 5.91. The molecule has 10 atom stereocenters. The zero-order valence-corrected chi connectivity index (χ0v) is 52.1. The molecule has 21 nitrogen and oxygen atoms in total. The van der Waals surface area contributed by atoms with E-state index in [0.717, 1.165) is 21.6 Å². The molecule has 0 saturated carbocycles. The predicted molar refractivity (Wildman–Crippen MR) is 320 cm³/mol. The number of epoxide rings is 1. The van der Waals surface area contributed by atoms with Crippen molar-refractivity contribution in [3.05, 3.63) is 99.1 Å². The zero-order valence-electron chi connectivity index (χ0n) is 51.3. The number of aliphatic hydroxyl groups is 1. The molecule has 4 heterocycles. The van der Waals surface area contributed by atoms with Crippen LogP contribution in [0.2, 0.25) is 5.02 Å². The van der Waals surface area contributed by atoms with E-state index in [1.165, 1.54) is 49.1 Å². The van der Waals surface area contributed by atoms with E-state index in [0.29, 0.717) is 47.5 Å². The van der Waals surface area contributed by atoms with Gasteiger partial charge in [-0.3, -0.25) is 43.3 Å². The zero-order chi connectivity index (χ0) is 63.5. The lowest BCUT2D eigenvalue weighted by molar-refractivity contribution is -0.187. The summed E-state index contributed by atoms with van der Waals surface area (Å²) in [5.74, 6) is -5.81. The number of hydrogen-bond donors (Lipinski definition) is 4. The Balaban J connectivity index is 1.15. The van der Waals surface area contributed by atoms with Crippen molar-refractivity contribution >= 4 is 76.4 Å². The number of anilines is 1. The number of carbonyl (C=O) groups excluding carboxylic acids is 10.